The largest absolute Gasteiger partial charge is 0.470 e. The van der Waals surface area contributed by atoms with Crippen LogP contribution < -0.4 is 10.5 Å². The number of nitrogens with one attached hydrogen (secondary N) is 1. The van der Waals surface area contributed by atoms with Gasteiger partial charge in [0.05, 0.1) is 19.2 Å². The highest BCUT2D eigenvalue weighted by atomic mass is 16.7. The monoisotopic (exact) mass is 351 g/mol. The maximum absolute atomic E-state index is 10.4. The van der Waals surface area contributed by atoms with Gasteiger partial charge in [0.2, 0.25) is 6.29 Å². The fraction of sp³-hybridized carbons (Fsp3) is 0.533. The van der Waals surface area contributed by atoms with Crippen molar-refractivity contribution in [2.45, 2.75) is 38.4 Å². The average molecular weight is 351 g/mol. The lowest BCUT2D eigenvalue weighted by Crippen LogP contribution is -2.39. The first-order chi connectivity index (χ1) is 12.0. The van der Waals surface area contributed by atoms with Crippen LogP contribution >= 0.6 is 0 Å². The lowest BCUT2D eigenvalue weighted by molar-refractivity contribution is -0.138. The fourth-order valence-electron chi connectivity index (χ4n) is 2.40. The molecule has 0 bridgehead atoms. The van der Waals surface area contributed by atoms with Crippen LogP contribution in [0.4, 0.5) is 5.82 Å². The molecule has 1 fully saturated rings. The number of allylic oxidation sites excluding steroid dienone is 1. The number of nitrogens with two attached hydrogens (primary N) is 1. The van der Waals surface area contributed by atoms with E-state index in [1.807, 2.05) is 19.9 Å². The molecule has 3 heterocycles. The third-order valence-corrected chi connectivity index (χ3v) is 3.68. The predicted octanol–water partition coefficient (Wildman–Crippen LogP) is -0.0531. The molecule has 25 heavy (non-hydrogen) atoms. The number of nitrogens with zero attached hydrogens (tertiary/aromatic N) is 3. The number of hydrogen-bond acceptors (Lipinski definition) is 9. The number of anilines is 1. The molecule has 2 aromatic heterocycles. The molecule has 10 heteroatoms. The molecule has 2 aromatic rings. The first-order valence-electron chi connectivity index (χ1n) is 7.89. The molecule has 136 valence electrons. The van der Waals surface area contributed by atoms with Gasteiger partial charge >= 0.3 is 6.01 Å². The molecule has 1 aliphatic heterocycles. The van der Waals surface area contributed by atoms with E-state index >= 15 is 0 Å². The van der Waals surface area contributed by atoms with Crippen LogP contribution in [0.15, 0.2) is 18.7 Å². The summed E-state index contributed by atoms with van der Waals surface area (Å²) in [5.74, 6) is 0.454. The normalized spacial score (nSPS) is 26.8. The number of rotatable bonds is 6. The molecule has 1 aliphatic rings. The molecule has 0 aliphatic carbocycles. The maximum Gasteiger partial charge on any atom is 0.321 e. The van der Waals surface area contributed by atoms with Crippen molar-refractivity contribution in [3.05, 3.63) is 18.7 Å². The van der Waals surface area contributed by atoms with Crippen LogP contribution in [0.3, 0.4) is 0 Å². The SMILES string of the molecule is CC(C)/C=C/O[C@@H]1O[C@H](CO)[C@@H](Oc2nc(N)c3[nH]cnc3n2)[C@H]1O. The lowest BCUT2D eigenvalue weighted by atomic mass is 10.1. The van der Waals surface area contributed by atoms with Gasteiger partial charge in [-0.05, 0) is 12.0 Å². The summed E-state index contributed by atoms with van der Waals surface area (Å²) < 4.78 is 16.5. The minimum atomic E-state index is -1.14. The number of aliphatic hydroxyl groups excluding tert-OH is 2. The molecule has 0 aromatic carbocycles. The van der Waals surface area contributed by atoms with Gasteiger partial charge in [0.25, 0.3) is 0 Å². The van der Waals surface area contributed by atoms with Crippen LogP contribution in [0.2, 0.25) is 0 Å². The Morgan fingerprint density at radius 2 is 2.24 bits per heavy atom. The van der Waals surface area contributed by atoms with Gasteiger partial charge in [-0.3, -0.25) is 0 Å². The summed E-state index contributed by atoms with van der Waals surface area (Å²) in [6.07, 6.45) is 0.879. The number of aromatic nitrogens is 4. The summed E-state index contributed by atoms with van der Waals surface area (Å²) in [5.41, 5.74) is 6.65. The summed E-state index contributed by atoms with van der Waals surface area (Å²) in [6.45, 7) is 3.61. The molecule has 10 nitrogen and oxygen atoms in total. The van der Waals surface area contributed by atoms with Gasteiger partial charge in [0, 0.05) is 0 Å². The summed E-state index contributed by atoms with van der Waals surface area (Å²) in [5, 5.41) is 19.9. The average Bonchev–Trinajstić information content (AvgIpc) is 3.14. The molecule has 0 spiro atoms. The number of aliphatic hydroxyl groups is 2. The molecule has 3 rings (SSSR count). The Hall–Kier alpha value is -2.43. The molecule has 1 saturated heterocycles. The van der Waals surface area contributed by atoms with Crippen molar-refractivity contribution < 1.29 is 24.4 Å². The smallest absolute Gasteiger partial charge is 0.321 e. The Morgan fingerprint density at radius 3 is 2.96 bits per heavy atom. The van der Waals surface area contributed by atoms with E-state index < -0.39 is 24.6 Å². The number of H-pyrrole nitrogens is 1. The Bertz CT molecular complexity index is 749. The predicted molar refractivity (Wildman–Crippen MR) is 87.3 cm³/mol. The van der Waals surface area contributed by atoms with E-state index in [1.165, 1.54) is 12.6 Å². The fourth-order valence-corrected chi connectivity index (χ4v) is 2.40. The quantitative estimate of drug-likeness (QED) is 0.525. The van der Waals surface area contributed by atoms with Crippen LogP contribution in [0.25, 0.3) is 11.2 Å². The number of nitrogen functional groups attached to an aromatic ring is 1. The second kappa shape index (κ2) is 7.21. The van der Waals surface area contributed by atoms with E-state index in [0.717, 1.165) is 0 Å². The molecular weight excluding hydrogens is 330 g/mol. The first kappa shape index (κ1) is 17.4. The Kier molecular flexibility index (Phi) is 5.02. The zero-order valence-electron chi connectivity index (χ0n) is 13.9. The highest BCUT2D eigenvalue weighted by Crippen LogP contribution is 2.27. The van der Waals surface area contributed by atoms with E-state index in [-0.39, 0.29) is 24.4 Å². The second-order valence-electron chi connectivity index (χ2n) is 6.00. The van der Waals surface area contributed by atoms with Gasteiger partial charge in [-0.15, -0.1) is 0 Å². The molecule has 0 amide bonds. The summed E-state index contributed by atoms with van der Waals surface area (Å²) in [7, 11) is 0. The van der Waals surface area contributed by atoms with Crippen molar-refractivity contribution in [3.63, 3.8) is 0 Å². The van der Waals surface area contributed by atoms with Crippen molar-refractivity contribution >= 4 is 17.0 Å². The highest BCUT2D eigenvalue weighted by molar-refractivity contribution is 5.81. The third kappa shape index (κ3) is 3.65. The Balaban J connectivity index is 1.75. The van der Waals surface area contributed by atoms with Crippen LogP contribution in [0.5, 0.6) is 6.01 Å². The van der Waals surface area contributed by atoms with Crippen LogP contribution in [0, 0.1) is 5.92 Å². The van der Waals surface area contributed by atoms with Gasteiger partial charge in [-0.2, -0.15) is 9.97 Å². The summed E-state index contributed by atoms with van der Waals surface area (Å²) >= 11 is 0. The van der Waals surface area contributed by atoms with Crippen molar-refractivity contribution in [3.8, 4) is 6.01 Å². The van der Waals surface area contributed by atoms with Crippen molar-refractivity contribution in [2.75, 3.05) is 12.3 Å². The number of aromatic amines is 1. The van der Waals surface area contributed by atoms with Crippen LogP contribution in [-0.2, 0) is 9.47 Å². The summed E-state index contributed by atoms with van der Waals surface area (Å²) in [6, 6.07) is -0.0680. The van der Waals surface area contributed by atoms with Gasteiger partial charge in [-0.25, -0.2) is 4.98 Å². The topological polar surface area (TPSA) is 149 Å². The van der Waals surface area contributed by atoms with Gasteiger partial charge in [0.1, 0.15) is 11.6 Å². The molecule has 0 saturated carbocycles. The van der Waals surface area contributed by atoms with Crippen LogP contribution in [-0.4, -0.2) is 61.4 Å². The summed E-state index contributed by atoms with van der Waals surface area (Å²) in [4.78, 5) is 15.0. The number of imidazole rings is 1. The first-order valence-corrected chi connectivity index (χ1v) is 7.89. The van der Waals surface area contributed by atoms with Gasteiger partial charge < -0.3 is 35.1 Å². The van der Waals surface area contributed by atoms with Crippen molar-refractivity contribution in [2.24, 2.45) is 5.92 Å². The minimum absolute atomic E-state index is 0.0680. The number of hydrogen-bond donors (Lipinski definition) is 4. The molecular formula is C15H21N5O5. The van der Waals surface area contributed by atoms with Crippen molar-refractivity contribution in [1.29, 1.82) is 0 Å². The van der Waals surface area contributed by atoms with Crippen LogP contribution in [0.1, 0.15) is 13.8 Å². The maximum atomic E-state index is 10.4. The van der Waals surface area contributed by atoms with Crippen molar-refractivity contribution in [1.82, 2.24) is 19.9 Å². The standard InChI is InChI=1S/C15H21N5O5/c1-7(2)3-4-23-14-10(22)11(8(5-21)24-14)25-15-19-12(16)9-13(20-15)18-6-17-9/h3-4,6-8,10-11,14,21-22H,5H2,1-2H3,(H3,16,17,18,19,20)/b4-3+/t8-,10-,11-,14-/m1/s1. The zero-order valence-corrected chi connectivity index (χ0v) is 13.9. The van der Waals surface area contributed by atoms with E-state index in [0.29, 0.717) is 11.2 Å². The molecule has 0 unspecified atom stereocenters. The Labute approximate surface area is 143 Å². The highest BCUT2D eigenvalue weighted by Gasteiger charge is 2.46. The van der Waals surface area contributed by atoms with E-state index in [4.69, 9.17) is 19.9 Å². The third-order valence-electron chi connectivity index (χ3n) is 3.68. The minimum Gasteiger partial charge on any atom is -0.470 e. The van der Waals surface area contributed by atoms with E-state index in [9.17, 15) is 10.2 Å². The van der Waals surface area contributed by atoms with Gasteiger partial charge in [-0.1, -0.05) is 13.8 Å². The van der Waals surface area contributed by atoms with E-state index in [2.05, 4.69) is 19.9 Å². The Morgan fingerprint density at radius 1 is 1.44 bits per heavy atom. The zero-order chi connectivity index (χ0) is 18.0. The molecule has 0 radical (unpaired) electrons. The number of fused-ring (bicyclic) bond motifs is 1. The molecule has 5 N–H and O–H groups in total. The second-order valence-corrected chi connectivity index (χ2v) is 6.00. The van der Waals surface area contributed by atoms with Gasteiger partial charge in [0.15, 0.2) is 23.7 Å². The lowest BCUT2D eigenvalue weighted by Gasteiger charge is -2.19. The molecule has 4 atom stereocenters. The van der Waals surface area contributed by atoms with E-state index in [1.54, 1.807) is 0 Å². The number of ether oxygens (including phenoxy) is 3.